The third-order valence-corrected chi connectivity index (χ3v) is 5.37. The predicted molar refractivity (Wildman–Crippen MR) is 97.3 cm³/mol. The van der Waals surface area contributed by atoms with Gasteiger partial charge in [0, 0.05) is 24.5 Å². The van der Waals surface area contributed by atoms with Gasteiger partial charge in [-0.2, -0.15) is 0 Å². The maximum Gasteiger partial charge on any atom is 0.233 e. The Balaban J connectivity index is 1.49. The summed E-state index contributed by atoms with van der Waals surface area (Å²) in [5.41, 5.74) is 0.934. The first-order valence-electron chi connectivity index (χ1n) is 8.73. The first kappa shape index (κ1) is 15.7. The number of carbonyl (C=O) groups excluding carboxylic acids is 1. The monoisotopic (exact) mass is 342 g/mol. The molecule has 2 aromatic rings. The molecule has 1 saturated heterocycles. The zero-order valence-electron chi connectivity index (χ0n) is 13.7. The lowest BCUT2D eigenvalue weighted by molar-refractivity contribution is -0.129. The summed E-state index contributed by atoms with van der Waals surface area (Å²) in [6.07, 6.45) is 5.89. The van der Waals surface area contributed by atoms with Crippen LogP contribution in [-0.4, -0.2) is 45.7 Å². The summed E-state index contributed by atoms with van der Waals surface area (Å²) in [5.74, 6) is 1.52. The average Bonchev–Trinajstić information content (AvgIpc) is 3.44. The Morgan fingerprint density at radius 2 is 1.96 bits per heavy atom. The second-order valence-corrected chi connectivity index (χ2v) is 7.46. The highest BCUT2D eigenvalue weighted by molar-refractivity contribution is 7.99. The van der Waals surface area contributed by atoms with Crippen molar-refractivity contribution in [1.29, 1.82) is 0 Å². The number of piperidine rings is 1. The lowest BCUT2D eigenvalue weighted by Gasteiger charge is -2.26. The van der Waals surface area contributed by atoms with E-state index in [2.05, 4.69) is 15.3 Å². The molecule has 0 radical (unpaired) electrons. The van der Waals surface area contributed by atoms with Crippen LogP contribution in [0.2, 0.25) is 0 Å². The van der Waals surface area contributed by atoms with Gasteiger partial charge in [-0.15, -0.1) is 0 Å². The quantitative estimate of drug-likeness (QED) is 0.667. The highest BCUT2D eigenvalue weighted by atomic mass is 32.2. The van der Waals surface area contributed by atoms with Crippen molar-refractivity contribution in [1.82, 2.24) is 14.9 Å². The minimum atomic E-state index is 0.202. The summed E-state index contributed by atoms with van der Waals surface area (Å²) in [6.45, 7) is 1.79. The van der Waals surface area contributed by atoms with Crippen LogP contribution < -0.4 is 5.32 Å². The van der Waals surface area contributed by atoms with E-state index in [1.165, 1.54) is 31.0 Å². The van der Waals surface area contributed by atoms with Crippen LogP contribution >= 0.6 is 11.8 Å². The first-order valence-corrected chi connectivity index (χ1v) is 9.72. The molecule has 0 bridgehead atoms. The number of thioether (sulfide) groups is 1. The molecule has 1 aromatic carbocycles. The van der Waals surface area contributed by atoms with Gasteiger partial charge in [-0.3, -0.25) is 4.79 Å². The number of carbonyl (C=O) groups is 1. The Morgan fingerprint density at radius 3 is 2.75 bits per heavy atom. The second kappa shape index (κ2) is 6.97. The van der Waals surface area contributed by atoms with Crippen LogP contribution in [0.4, 0.5) is 5.82 Å². The molecule has 1 N–H and O–H groups in total. The van der Waals surface area contributed by atoms with Crippen molar-refractivity contribution < 1.29 is 4.79 Å². The fraction of sp³-hybridized carbons (Fsp3) is 0.500. The molecular weight excluding hydrogens is 320 g/mol. The Labute approximate surface area is 146 Å². The van der Waals surface area contributed by atoms with Gasteiger partial charge in [-0.25, -0.2) is 9.97 Å². The van der Waals surface area contributed by atoms with Crippen LogP contribution in [0.5, 0.6) is 0 Å². The van der Waals surface area contributed by atoms with E-state index in [0.29, 0.717) is 17.0 Å². The van der Waals surface area contributed by atoms with Crippen LogP contribution in [0, 0.1) is 0 Å². The summed E-state index contributed by atoms with van der Waals surface area (Å²) in [6, 6.07) is 8.59. The maximum absolute atomic E-state index is 12.3. The minimum Gasteiger partial charge on any atom is -0.367 e. The summed E-state index contributed by atoms with van der Waals surface area (Å²) in [7, 11) is 0. The summed E-state index contributed by atoms with van der Waals surface area (Å²) < 4.78 is 0. The Morgan fingerprint density at radius 1 is 1.17 bits per heavy atom. The molecule has 6 heteroatoms. The van der Waals surface area contributed by atoms with Crippen LogP contribution in [0.1, 0.15) is 32.1 Å². The molecule has 1 saturated carbocycles. The molecule has 2 heterocycles. The zero-order chi connectivity index (χ0) is 16.4. The number of anilines is 1. The van der Waals surface area contributed by atoms with E-state index < -0.39 is 0 Å². The standard InChI is InChI=1S/C18H22N4OS/c23-16(22-10-4-1-5-11-22)12-24-18-20-15-7-3-2-6-14(15)17(21-18)19-13-8-9-13/h2-3,6-7,13H,1,4-5,8-12H2,(H,19,20,21). The van der Waals surface area contributed by atoms with Crippen molar-refractivity contribution in [3.8, 4) is 0 Å². The molecule has 24 heavy (non-hydrogen) atoms. The van der Waals surface area contributed by atoms with E-state index in [4.69, 9.17) is 0 Å². The molecule has 2 fully saturated rings. The Bertz CT molecular complexity index is 741. The van der Waals surface area contributed by atoms with Gasteiger partial charge in [0.25, 0.3) is 0 Å². The van der Waals surface area contributed by atoms with Crippen LogP contribution in [-0.2, 0) is 4.79 Å². The smallest absolute Gasteiger partial charge is 0.233 e. The van der Waals surface area contributed by atoms with Crippen molar-refractivity contribution in [2.45, 2.75) is 43.3 Å². The molecule has 1 amide bonds. The van der Waals surface area contributed by atoms with Crippen molar-refractivity contribution in [2.75, 3.05) is 24.2 Å². The highest BCUT2D eigenvalue weighted by Gasteiger charge is 2.23. The Kier molecular flexibility index (Phi) is 4.56. The third kappa shape index (κ3) is 3.64. The molecule has 0 spiro atoms. The Hall–Kier alpha value is -1.82. The third-order valence-electron chi connectivity index (χ3n) is 4.53. The number of benzene rings is 1. The SMILES string of the molecule is O=C(CSc1nc(NC2CC2)c2ccccc2n1)N1CCCCC1. The molecule has 0 atom stereocenters. The van der Waals surface area contributed by atoms with E-state index in [-0.39, 0.29) is 5.91 Å². The molecule has 126 valence electrons. The largest absolute Gasteiger partial charge is 0.367 e. The van der Waals surface area contributed by atoms with Gasteiger partial charge in [-0.05, 0) is 44.2 Å². The van der Waals surface area contributed by atoms with Gasteiger partial charge in [0.2, 0.25) is 5.91 Å². The molecular formula is C18H22N4OS. The number of fused-ring (bicyclic) bond motifs is 1. The number of aromatic nitrogens is 2. The molecule has 2 aliphatic rings. The first-order chi connectivity index (χ1) is 11.8. The van der Waals surface area contributed by atoms with E-state index in [1.54, 1.807) is 0 Å². The fourth-order valence-corrected chi connectivity index (χ4v) is 3.77. The van der Waals surface area contributed by atoms with E-state index in [1.807, 2.05) is 29.2 Å². The van der Waals surface area contributed by atoms with Crippen molar-refractivity contribution in [3.05, 3.63) is 24.3 Å². The normalized spacial score (nSPS) is 17.9. The number of amides is 1. The van der Waals surface area contributed by atoms with Crippen molar-refractivity contribution in [2.24, 2.45) is 0 Å². The molecule has 5 nitrogen and oxygen atoms in total. The van der Waals surface area contributed by atoms with E-state index >= 15 is 0 Å². The van der Waals surface area contributed by atoms with Crippen molar-refractivity contribution >= 4 is 34.4 Å². The lowest BCUT2D eigenvalue weighted by Crippen LogP contribution is -2.36. The number of nitrogens with one attached hydrogen (secondary N) is 1. The number of para-hydroxylation sites is 1. The van der Waals surface area contributed by atoms with Gasteiger partial charge < -0.3 is 10.2 Å². The highest BCUT2D eigenvalue weighted by Crippen LogP contribution is 2.29. The number of hydrogen-bond donors (Lipinski definition) is 1. The second-order valence-electron chi connectivity index (χ2n) is 6.52. The summed E-state index contributed by atoms with van der Waals surface area (Å²) in [4.78, 5) is 23.6. The topological polar surface area (TPSA) is 58.1 Å². The molecule has 1 aliphatic heterocycles. The van der Waals surface area contributed by atoms with Crippen LogP contribution in [0.25, 0.3) is 10.9 Å². The van der Waals surface area contributed by atoms with Crippen LogP contribution in [0.15, 0.2) is 29.4 Å². The van der Waals surface area contributed by atoms with Gasteiger partial charge >= 0.3 is 0 Å². The van der Waals surface area contributed by atoms with Crippen molar-refractivity contribution in [3.63, 3.8) is 0 Å². The average molecular weight is 342 g/mol. The van der Waals surface area contributed by atoms with Gasteiger partial charge in [0.1, 0.15) is 5.82 Å². The lowest BCUT2D eigenvalue weighted by atomic mass is 10.1. The van der Waals surface area contributed by atoms with Gasteiger partial charge in [-0.1, -0.05) is 23.9 Å². The molecule has 4 rings (SSSR count). The molecule has 1 aromatic heterocycles. The predicted octanol–water partition coefficient (Wildman–Crippen LogP) is 3.31. The number of hydrogen-bond acceptors (Lipinski definition) is 5. The van der Waals surface area contributed by atoms with Gasteiger partial charge in [0.15, 0.2) is 5.16 Å². The summed E-state index contributed by atoms with van der Waals surface area (Å²) in [5, 5.41) is 5.23. The minimum absolute atomic E-state index is 0.202. The maximum atomic E-state index is 12.3. The van der Waals surface area contributed by atoms with Gasteiger partial charge in [0.05, 0.1) is 11.3 Å². The zero-order valence-corrected chi connectivity index (χ0v) is 14.5. The number of nitrogens with zero attached hydrogens (tertiary/aromatic N) is 3. The van der Waals surface area contributed by atoms with E-state index in [0.717, 1.165) is 42.7 Å². The summed E-state index contributed by atoms with van der Waals surface area (Å²) >= 11 is 1.45. The number of likely N-dealkylation sites (tertiary alicyclic amines) is 1. The fourth-order valence-electron chi connectivity index (χ4n) is 3.01. The molecule has 1 aliphatic carbocycles. The molecule has 0 unspecified atom stereocenters. The van der Waals surface area contributed by atoms with E-state index in [9.17, 15) is 4.79 Å². The number of rotatable bonds is 5. The van der Waals surface area contributed by atoms with Crippen LogP contribution in [0.3, 0.4) is 0 Å².